The fourth-order valence-electron chi connectivity index (χ4n) is 2.62. The molecule has 3 atom stereocenters. The number of nitrogens with two attached hydrogens (primary N) is 1. The van der Waals surface area contributed by atoms with Gasteiger partial charge in [0.05, 0.1) is 0 Å². The zero-order valence-corrected chi connectivity index (χ0v) is 11.0. The molecule has 16 heavy (non-hydrogen) atoms. The number of benzene rings is 1. The smallest absolute Gasteiger partial charge is 0.0329 e. The highest BCUT2D eigenvalue weighted by Crippen LogP contribution is 2.44. The van der Waals surface area contributed by atoms with E-state index in [1.54, 1.807) is 0 Å². The molecule has 3 unspecified atom stereocenters. The van der Waals surface area contributed by atoms with Gasteiger partial charge in [-0.15, -0.1) is 0 Å². The number of hydrogen-bond acceptors (Lipinski definition) is 1. The molecule has 1 heteroatoms. The molecule has 1 aliphatic rings. The van der Waals surface area contributed by atoms with Crippen LogP contribution in [0.25, 0.3) is 0 Å². The first-order valence-electron chi connectivity index (χ1n) is 6.22. The van der Waals surface area contributed by atoms with Crippen LogP contribution in [0.4, 0.5) is 0 Å². The summed E-state index contributed by atoms with van der Waals surface area (Å²) >= 11 is 0. The Hall–Kier alpha value is -0.820. The van der Waals surface area contributed by atoms with Crippen LogP contribution in [0.1, 0.15) is 63.3 Å². The maximum Gasteiger partial charge on any atom is 0.0329 e. The predicted molar refractivity (Wildman–Crippen MR) is 69.6 cm³/mol. The van der Waals surface area contributed by atoms with Crippen LogP contribution in [0.5, 0.6) is 0 Å². The second kappa shape index (κ2) is 3.59. The summed E-state index contributed by atoms with van der Waals surface area (Å²) in [5.41, 5.74) is 10.7. The summed E-state index contributed by atoms with van der Waals surface area (Å²) < 4.78 is 0. The average Bonchev–Trinajstić information content (AvgIpc) is 2.43. The maximum atomic E-state index is 6.29. The molecule has 1 aromatic carbocycles. The Morgan fingerprint density at radius 1 is 1.06 bits per heavy atom. The molecule has 1 nitrogen and oxygen atoms in total. The minimum atomic E-state index is 0.212. The lowest BCUT2D eigenvalue weighted by Crippen LogP contribution is -2.16. The Bertz CT molecular complexity index is 400. The second-order valence-corrected chi connectivity index (χ2v) is 6.27. The van der Waals surface area contributed by atoms with Crippen LogP contribution in [0.15, 0.2) is 18.2 Å². The summed E-state index contributed by atoms with van der Waals surface area (Å²) in [7, 11) is 0. The minimum Gasteiger partial charge on any atom is -0.324 e. The van der Waals surface area contributed by atoms with E-state index in [2.05, 4.69) is 52.8 Å². The molecule has 0 amide bonds. The lowest BCUT2D eigenvalue weighted by Gasteiger charge is -2.21. The molecule has 0 saturated heterocycles. The Morgan fingerprint density at radius 2 is 1.69 bits per heavy atom. The zero-order chi connectivity index (χ0) is 12.1. The normalized spacial score (nSPS) is 29.2. The van der Waals surface area contributed by atoms with Crippen LogP contribution >= 0.6 is 0 Å². The summed E-state index contributed by atoms with van der Waals surface area (Å²) in [6.45, 7) is 11.3. The van der Waals surface area contributed by atoms with Crippen molar-refractivity contribution < 1.29 is 0 Å². The second-order valence-electron chi connectivity index (χ2n) is 6.27. The fraction of sp³-hybridized carbons (Fsp3) is 0.600. The first-order chi connectivity index (χ1) is 7.32. The van der Waals surface area contributed by atoms with E-state index in [1.165, 1.54) is 16.7 Å². The fourth-order valence-corrected chi connectivity index (χ4v) is 2.62. The summed E-state index contributed by atoms with van der Waals surface area (Å²) in [5, 5.41) is 0. The van der Waals surface area contributed by atoms with Gasteiger partial charge < -0.3 is 5.73 Å². The van der Waals surface area contributed by atoms with Crippen molar-refractivity contribution in [1.82, 2.24) is 0 Å². The molecule has 1 aromatic rings. The molecule has 2 rings (SSSR count). The van der Waals surface area contributed by atoms with E-state index in [-0.39, 0.29) is 11.5 Å². The van der Waals surface area contributed by atoms with Gasteiger partial charge in [-0.25, -0.2) is 0 Å². The van der Waals surface area contributed by atoms with Gasteiger partial charge in [0.2, 0.25) is 0 Å². The topological polar surface area (TPSA) is 26.0 Å². The number of rotatable bonds is 0. The highest BCUT2D eigenvalue weighted by molar-refractivity contribution is 5.43. The van der Waals surface area contributed by atoms with Crippen molar-refractivity contribution in [3.05, 3.63) is 34.9 Å². The van der Waals surface area contributed by atoms with E-state index in [9.17, 15) is 0 Å². The summed E-state index contributed by atoms with van der Waals surface area (Å²) in [6, 6.07) is 7.08. The predicted octanol–water partition coefficient (Wildman–Crippen LogP) is 3.74. The van der Waals surface area contributed by atoms with Crippen LogP contribution < -0.4 is 5.73 Å². The van der Waals surface area contributed by atoms with Crippen molar-refractivity contribution in [1.29, 1.82) is 0 Å². The summed E-state index contributed by atoms with van der Waals surface area (Å²) in [6.07, 6.45) is 0. The third-order valence-corrected chi connectivity index (χ3v) is 4.16. The average molecular weight is 217 g/mol. The van der Waals surface area contributed by atoms with E-state index < -0.39 is 0 Å². The molecule has 2 N–H and O–H groups in total. The van der Waals surface area contributed by atoms with Crippen molar-refractivity contribution in [2.75, 3.05) is 0 Å². The highest BCUT2D eigenvalue weighted by Gasteiger charge is 2.33. The van der Waals surface area contributed by atoms with Crippen LogP contribution in [-0.4, -0.2) is 0 Å². The molecule has 0 aliphatic heterocycles. The zero-order valence-electron chi connectivity index (χ0n) is 11.0. The van der Waals surface area contributed by atoms with Crippen molar-refractivity contribution in [2.45, 2.75) is 52.0 Å². The van der Waals surface area contributed by atoms with Crippen molar-refractivity contribution in [2.24, 2.45) is 11.7 Å². The lowest BCUT2D eigenvalue weighted by molar-refractivity contribution is 0.450. The molecule has 0 fully saturated rings. The van der Waals surface area contributed by atoms with Gasteiger partial charge in [-0.3, -0.25) is 0 Å². The minimum absolute atomic E-state index is 0.212. The molecule has 0 heterocycles. The van der Waals surface area contributed by atoms with Gasteiger partial charge in [-0.05, 0) is 33.9 Å². The van der Waals surface area contributed by atoms with Gasteiger partial charge in [0.1, 0.15) is 0 Å². The van der Waals surface area contributed by atoms with Crippen LogP contribution in [0, 0.1) is 5.92 Å². The first kappa shape index (κ1) is 11.7. The van der Waals surface area contributed by atoms with E-state index >= 15 is 0 Å². The number of hydrogen-bond donors (Lipinski definition) is 1. The van der Waals surface area contributed by atoms with Gasteiger partial charge in [0, 0.05) is 6.04 Å². The largest absolute Gasteiger partial charge is 0.324 e. The van der Waals surface area contributed by atoms with Gasteiger partial charge in [0.25, 0.3) is 0 Å². The Balaban J connectivity index is 2.50. The third-order valence-electron chi connectivity index (χ3n) is 4.16. The van der Waals surface area contributed by atoms with Gasteiger partial charge in [-0.2, -0.15) is 0 Å². The highest BCUT2D eigenvalue weighted by atomic mass is 14.7. The number of fused-ring (bicyclic) bond motifs is 1. The Labute approximate surface area is 99.0 Å². The molecular formula is C15H23N. The molecule has 1 aliphatic carbocycles. The van der Waals surface area contributed by atoms with E-state index in [1.807, 2.05) is 0 Å². The molecule has 0 aromatic heterocycles. The lowest BCUT2D eigenvalue weighted by atomic mass is 9.85. The van der Waals surface area contributed by atoms with Gasteiger partial charge >= 0.3 is 0 Å². The van der Waals surface area contributed by atoms with Crippen LogP contribution in [-0.2, 0) is 5.41 Å². The Kier molecular flexibility index (Phi) is 2.62. The SMILES string of the molecule is CC1c2ccc(C(C)(C)C)cc2C(N)C1C. The summed E-state index contributed by atoms with van der Waals surface area (Å²) in [5.74, 6) is 1.16. The van der Waals surface area contributed by atoms with Gasteiger partial charge in [0.15, 0.2) is 0 Å². The quantitative estimate of drug-likeness (QED) is 0.704. The molecule has 88 valence electrons. The van der Waals surface area contributed by atoms with Crippen LogP contribution in [0.2, 0.25) is 0 Å². The monoisotopic (exact) mass is 217 g/mol. The van der Waals surface area contributed by atoms with Crippen LogP contribution in [0.3, 0.4) is 0 Å². The third kappa shape index (κ3) is 1.67. The van der Waals surface area contributed by atoms with E-state index in [4.69, 9.17) is 5.73 Å². The molecule has 0 radical (unpaired) electrons. The Morgan fingerprint density at radius 3 is 2.25 bits per heavy atom. The summed E-state index contributed by atoms with van der Waals surface area (Å²) in [4.78, 5) is 0. The molecule has 0 spiro atoms. The van der Waals surface area contributed by atoms with Crippen molar-refractivity contribution in [3.8, 4) is 0 Å². The standard InChI is InChI=1S/C15H23N/c1-9-10(2)14(16)13-8-11(15(3,4)5)6-7-12(9)13/h6-10,14H,16H2,1-5H3. The maximum absolute atomic E-state index is 6.29. The first-order valence-corrected chi connectivity index (χ1v) is 6.22. The molecule has 0 bridgehead atoms. The van der Waals surface area contributed by atoms with Crippen molar-refractivity contribution >= 4 is 0 Å². The van der Waals surface area contributed by atoms with Gasteiger partial charge in [-0.1, -0.05) is 52.8 Å². The van der Waals surface area contributed by atoms with E-state index in [0.717, 1.165) is 0 Å². The van der Waals surface area contributed by atoms with E-state index in [0.29, 0.717) is 11.8 Å². The molecular weight excluding hydrogens is 194 g/mol. The molecule has 0 saturated carbocycles. The van der Waals surface area contributed by atoms with Crippen molar-refractivity contribution in [3.63, 3.8) is 0 Å².